The van der Waals surface area contributed by atoms with E-state index < -0.39 is 4.92 Å². The van der Waals surface area contributed by atoms with E-state index in [0.717, 1.165) is 5.56 Å². The highest BCUT2D eigenvalue weighted by Gasteiger charge is 2.22. The first-order valence-corrected chi connectivity index (χ1v) is 6.82. The van der Waals surface area contributed by atoms with Crippen LogP contribution in [0.5, 0.6) is 0 Å². The second-order valence-corrected chi connectivity index (χ2v) is 5.03. The summed E-state index contributed by atoms with van der Waals surface area (Å²) >= 11 is 7.24. The Morgan fingerprint density at radius 2 is 2.15 bits per heavy atom. The molecular formula is C11H10ClN5O2S. The number of anilines is 1. The van der Waals surface area contributed by atoms with E-state index in [1.54, 1.807) is 6.07 Å². The molecule has 0 saturated heterocycles. The molecule has 0 aliphatic heterocycles. The number of halogens is 1. The van der Waals surface area contributed by atoms with Gasteiger partial charge < -0.3 is 5.43 Å². The van der Waals surface area contributed by atoms with Gasteiger partial charge in [0.2, 0.25) is 5.82 Å². The standard InChI is InChI=1S/C11H10ClN5O2S/c12-8-4-2-1-3-7(8)5-20-11-9(17(18)19)10(16-13)14-6-15-11/h1-4,6H,5,13H2,(H,14,15,16). The van der Waals surface area contributed by atoms with Crippen molar-refractivity contribution in [1.82, 2.24) is 9.97 Å². The Kier molecular flexibility index (Phi) is 4.72. The molecule has 1 aromatic carbocycles. The van der Waals surface area contributed by atoms with Crippen LogP contribution in [-0.2, 0) is 5.75 Å². The van der Waals surface area contributed by atoms with E-state index in [4.69, 9.17) is 17.4 Å². The molecule has 2 rings (SSSR count). The number of nitrogens with zero attached hydrogens (tertiary/aromatic N) is 3. The summed E-state index contributed by atoms with van der Waals surface area (Å²) in [5.41, 5.74) is 2.82. The maximum absolute atomic E-state index is 11.1. The minimum absolute atomic E-state index is 0.0216. The summed E-state index contributed by atoms with van der Waals surface area (Å²) < 4.78 is 0. The van der Waals surface area contributed by atoms with Crippen LogP contribution in [0.4, 0.5) is 11.5 Å². The van der Waals surface area contributed by atoms with Gasteiger partial charge in [-0.2, -0.15) is 0 Å². The van der Waals surface area contributed by atoms with Crippen molar-refractivity contribution >= 4 is 34.9 Å². The molecule has 7 nitrogen and oxygen atoms in total. The van der Waals surface area contributed by atoms with E-state index >= 15 is 0 Å². The molecule has 0 atom stereocenters. The summed E-state index contributed by atoms with van der Waals surface area (Å²) in [6, 6.07) is 7.28. The van der Waals surface area contributed by atoms with Crippen molar-refractivity contribution in [1.29, 1.82) is 0 Å². The monoisotopic (exact) mass is 311 g/mol. The molecule has 0 aliphatic rings. The van der Waals surface area contributed by atoms with Gasteiger partial charge in [-0.25, -0.2) is 15.8 Å². The van der Waals surface area contributed by atoms with Gasteiger partial charge in [0.1, 0.15) is 6.33 Å². The van der Waals surface area contributed by atoms with Gasteiger partial charge in [0.05, 0.1) is 4.92 Å². The fourth-order valence-corrected chi connectivity index (χ4v) is 2.76. The van der Waals surface area contributed by atoms with E-state index in [0.29, 0.717) is 10.8 Å². The predicted molar refractivity (Wildman–Crippen MR) is 77.5 cm³/mol. The minimum Gasteiger partial charge on any atom is -0.303 e. The Bertz CT molecular complexity index is 640. The molecule has 0 amide bonds. The molecule has 0 unspecified atom stereocenters. The molecule has 0 saturated carbocycles. The van der Waals surface area contributed by atoms with E-state index in [-0.39, 0.29) is 16.5 Å². The molecule has 104 valence electrons. The van der Waals surface area contributed by atoms with Crippen LogP contribution >= 0.6 is 23.4 Å². The zero-order valence-electron chi connectivity index (χ0n) is 10.1. The zero-order chi connectivity index (χ0) is 14.5. The highest BCUT2D eigenvalue weighted by Crippen LogP contribution is 2.34. The second-order valence-electron chi connectivity index (χ2n) is 3.66. The zero-order valence-corrected chi connectivity index (χ0v) is 11.7. The number of thioether (sulfide) groups is 1. The minimum atomic E-state index is -0.565. The number of nitrogen functional groups attached to an aromatic ring is 1. The number of nitro groups is 1. The van der Waals surface area contributed by atoms with Crippen LogP contribution in [0.1, 0.15) is 5.56 Å². The van der Waals surface area contributed by atoms with Gasteiger partial charge in [0.25, 0.3) is 0 Å². The van der Waals surface area contributed by atoms with Gasteiger partial charge in [-0.3, -0.25) is 10.1 Å². The highest BCUT2D eigenvalue weighted by molar-refractivity contribution is 7.98. The van der Waals surface area contributed by atoms with Crippen molar-refractivity contribution in [3.63, 3.8) is 0 Å². The fourth-order valence-electron chi connectivity index (χ4n) is 1.50. The van der Waals surface area contributed by atoms with Crippen LogP contribution in [0.25, 0.3) is 0 Å². The first-order chi connectivity index (χ1) is 9.63. The van der Waals surface area contributed by atoms with Crippen molar-refractivity contribution in [2.24, 2.45) is 5.84 Å². The lowest BCUT2D eigenvalue weighted by molar-refractivity contribution is -0.387. The number of hydrazine groups is 1. The van der Waals surface area contributed by atoms with Gasteiger partial charge in [-0.15, -0.1) is 0 Å². The molecule has 2 aromatic rings. The number of benzene rings is 1. The topological polar surface area (TPSA) is 107 Å². The summed E-state index contributed by atoms with van der Waals surface area (Å²) in [6.07, 6.45) is 1.22. The molecule has 0 aliphatic carbocycles. The third kappa shape index (κ3) is 3.16. The van der Waals surface area contributed by atoms with Crippen LogP contribution in [0.3, 0.4) is 0 Å². The van der Waals surface area contributed by atoms with E-state index in [1.165, 1.54) is 18.1 Å². The number of hydrogen-bond donors (Lipinski definition) is 2. The molecule has 1 heterocycles. The number of rotatable bonds is 5. The van der Waals surface area contributed by atoms with Crippen molar-refractivity contribution in [3.05, 3.63) is 51.3 Å². The van der Waals surface area contributed by atoms with Crippen LogP contribution < -0.4 is 11.3 Å². The average molecular weight is 312 g/mol. The van der Waals surface area contributed by atoms with Crippen molar-refractivity contribution in [2.45, 2.75) is 10.8 Å². The second kappa shape index (κ2) is 6.51. The van der Waals surface area contributed by atoms with E-state index in [1.807, 2.05) is 18.2 Å². The predicted octanol–water partition coefficient (Wildman–Crippen LogP) is 2.62. The maximum Gasteiger partial charge on any atom is 0.344 e. The molecule has 9 heteroatoms. The third-order valence-electron chi connectivity index (χ3n) is 2.43. The first kappa shape index (κ1) is 14.5. The Morgan fingerprint density at radius 3 is 2.80 bits per heavy atom. The van der Waals surface area contributed by atoms with Gasteiger partial charge in [-0.1, -0.05) is 41.6 Å². The number of hydrogen-bond acceptors (Lipinski definition) is 7. The number of nitrogens with two attached hydrogens (primary N) is 1. The number of aromatic nitrogens is 2. The Hall–Kier alpha value is -1.90. The largest absolute Gasteiger partial charge is 0.344 e. The summed E-state index contributed by atoms with van der Waals surface area (Å²) in [4.78, 5) is 18.2. The molecule has 1 aromatic heterocycles. The average Bonchev–Trinajstić information content (AvgIpc) is 2.45. The number of nitrogens with one attached hydrogen (secondary N) is 1. The lowest BCUT2D eigenvalue weighted by Gasteiger charge is -2.06. The SMILES string of the molecule is NNc1ncnc(SCc2ccccc2Cl)c1[N+](=O)[O-]. The summed E-state index contributed by atoms with van der Waals surface area (Å²) in [7, 11) is 0. The molecule has 0 spiro atoms. The van der Waals surface area contributed by atoms with E-state index in [2.05, 4.69) is 15.4 Å². The molecule has 0 radical (unpaired) electrons. The lowest BCUT2D eigenvalue weighted by Crippen LogP contribution is -2.12. The smallest absolute Gasteiger partial charge is 0.303 e. The van der Waals surface area contributed by atoms with Gasteiger partial charge >= 0.3 is 5.69 Å². The fraction of sp³-hybridized carbons (Fsp3) is 0.0909. The Morgan fingerprint density at radius 1 is 1.40 bits per heavy atom. The summed E-state index contributed by atoms with van der Waals surface area (Å²) in [5.74, 6) is 5.65. The molecule has 0 bridgehead atoms. The van der Waals surface area contributed by atoms with Gasteiger partial charge in [-0.05, 0) is 11.6 Å². The van der Waals surface area contributed by atoms with Crippen LogP contribution in [0.15, 0.2) is 35.6 Å². The van der Waals surface area contributed by atoms with E-state index in [9.17, 15) is 10.1 Å². The lowest BCUT2D eigenvalue weighted by atomic mass is 10.2. The first-order valence-electron chi connectivity index (χ1n) is 5.45. The normalized spacial score (nSPS) is 10.3. The highest BCUT2D eigenvalue weighted by atomic mass is 35.5. The van der Waals surface area contributed by atoms with Crippen molar-refractivity contribution in [3.8, 4) is 0 Å². The molecular weight excluding hydrogens is 302 g/mol. The Labute approximate surface area is 123 Å². The van der Waals surface area contributed by atoms with Gasteiger partial charge in [0.15, 0.2) is 5.03 Å². The van der Waals surface area contributed by atoms with Crippen LogP contribution in [0, 0.1) is 10.1 Å². The molecule has 0 fully saturated rings. The van der Waals surface area contributed by atoms with Crippen molar-refractivity contribution < 1.29 is 4.92 Å². The van der Waals surface area contributed by atoms with Gasteiger partial charge in [0, 0.05) is 10.8 Å². The maximum atomic E-state index is 11.1. The van der Waals surface area contributed by atoms with Crippen molar-refractivity contribution in [2.75, 3.05) is 5.43 Å². The third-order valence-corrected chi connectivity index (χ3v) is 3.83. The summed E-state index contributed by atoms with van der Waals surface area (Å²) in [5, 5.41) is 11.9. The quantitative estimate of drug-likeness (QED) is 0.287. The van der Waals surface area contributed by atoms with Crippen LogP contribution in [0.2, 0.25) is 5.02 Å². The van der Waals surface area contributed by atoms with Crippen LogP contribution in [-0.4, -0.2) is 14.9 Å². The molecule has 20 heavy (non-hydrogen) atoms. The Balaban J connectivity index is 2.26. The molecule has 3 N–H and O–H groups in total. The summed E-state index contributed by atoms with van der Waals surface area (Å²) in [6.45, 7) is 0.